The molecule has 2 atom stereocenters. The van der Waals surface area contributed by atoms with Crippen molar-refractivity contribution in [3.63, 3.8) is 0 Å². The third-order valence-electron chi connectivity index (χ3n) is 5.87. The van der Waals surface area contributed by atoms with E-state index in [4.69, 9.17) is 4.74 Å². The van der Waals surface area contributed by atoms with Crippen LogP contribution in [-0.2, 0) is 0 Å². The van der Waals surface area contributed by atoms with E-state index in [0.29, 0.717) is 17.5 Å². The fourth-order valence-corrected chi connectivity index (χ4v) is 4.52. The van der Waals surface area contributed by atoms with Crippen molar-refractivity contribution in [1.82, 2.24) is 25.1 Å². The molecule has 2 unspecified atom stereocenters. The molecule has 2 fully saturated rings. The van der Waals surface area contributed by atoms with E-state index >= 15 is 0 Å². The van der Waals surface area contributed by atoms with Crippen molar-refractivity contribution >= 4 is 5.91 Å². The number of benzene rings is 2. The highest BCUT2D eigenvalue weighted by molar-refractivity contribution is 5.97. The van der Waals surface area contributed by atoms with Crippen LogP contribution >= 0.6 is 0 Å². The first-order chi connectivity index (χ1) is 13.7. The zero-order valence-electron chi connectivity index (χ0n) is 15.7. The number of tetrazole rings is 1. The van der Waals surface area contributed by atoms with E-state index in [-0.39, 0.29) is 5.91 Å². The van der Waals surface area contributed by atoms with Crippen LogP contribution in [0.1, 0.15) is 29.6 Å². The lowest BCUT2D eigenvalue weighted by molar-refractivity contribution is 0.0703. The minimum Gasteiger partial charge on any atom is -0.496 e. The maximum absolute atomic E-state index is 13.3. The predicted octanol–water partition coefficient (Wildman–Crippen LogP) is 2.96. The van der Waals surface area contributed by atoms with E-state index in [9.17, 15) is 4.79 Å². The van der Waals surface area contributed by atoms with Gasteiger partial charge in [0, 0.05) is 23.7 Å². The Morgan fingerprint density at radius 1 is 1.18 bits per heavy atom. The second-order valence-electron chi connectivity index (χ2n) is 7.51. The third-order valence-corrected chi connectivity index (χ3v) is 5.87. The van der Waals surface area contributed by atoms with Gasteiger partial charge in [0.1, 0.15) is 12.1 Å². The summed E-state index contributed by atoms with van der Waals surface area (Å²) in [5, 5.41) is 11.5. The van der Waals surface area contributed by atoms with Gasteiger partial charge in [-0.1, -0.05) is 18.2 Å². The van der Waals surface area contributed by atoms with Crippen molar-refractivity contribution in [2.45, 2.75) is 25.3 Å². The second-order valence-corrected chi connectivity index (χ2v) is 7.51. The van der Waals surface area contributed by atoms with Gasteiger partial charge in [-0.15, -0.1) is 5.10 Å². The number of hydrogen-bond donors (Lipinski definition) is 0. The van der Waals surface area contributed by atoms with Crippen LogP contribution < -0.4 is 4.74 Å². The van der Waals surface area contributed by atoms with E-state index < -0.39 is 0 Å². The maximum Gasteiger partial charge on any atom is 0.254 e. The van der Waals surface area contributed by atoms with Crippen LogP contribution in [0.4, 0.5) is 0 Å². The summed E-state index contributed by atoms with van der Waals surface area (Å²) in [5.41, 5.74) is 3.23. The van der Waals surface area contributed by atoms with Crippen LogP contribution in [0.5, 0.6) is 5.75 Å². The van der Waals surface area contributed by atoms with Gasteiger partial charge in [-0.25, -0.2) is 4.68 Å². The Bertz CT molecular complexity index is 1020. The first kappa shape index (κ1) is 16.9. The molecule has 2 aliphatic rings. The standard InChI is InChI=1S/C21H21N5O2/c1-28-20-5-3-2-4-19(20)15-9-16(11-18(10-15)26-13-22-23-24-26)21(27)25-12-14-6-7-17(25)8-14/h2-5,9-11,13-14,17H,6-8,12H2,1H3. The van der Waals surface area contributed by atoms with Gasteiger partial charge >= 0.3 is 0 Å². The van der Waals surface area contributed by atoms with Crippen molar-refractivity contribution in [2.24, 2.45) is 5.92 Å². The molecule has 7 heteroatoms. The summed E-state index contributed by atoms with van der Waals surface area (Å²) >= 11 is 0. The van der Waals surface area contributed by atoms with E-state index in [1.54, 1.807) is 11.8 Å². The molecule has 7 nitrogen and oxygen atoms in total. The van der Waals surface area contributed by atoms with Crippen molar-refractivity contribution in [1.29, 1.82) is 0 Å². The van der Waals surface area contributed by atoms with Crippen LogP contribution in [0.15, 0.2) is 48.8 Å². The molecule has 0 radical (unpaired) electrons. The first-order valence-electron chi connectivity index (χ1n) is 9.56. The molecule has 2 aromatic carbocycles. The summed E-state index contributed by atoms with van der Waals surface area (Å²) in [4.78, 5) is 15.4. The number of rotatable bonds is 4. The summed E-state index contributed by atoms with van der Waals surface area (Å²) < 4.78 is 7.10. The Kier molecular flexibility index (Phi) is 4.07. The molecule has 1 aliphatic heterocycles. The fraction of sp³-hybridized carbons (Fsp3) is 0.333. The number of aromatic nitrogens is 4. The summed E-state index contributed by atoms with van der Waals surface area (Å²) in [6.07, 6.45) is 5.03. The molecule has 0 N–H and O–H groups in total. The minimum atomic E-state index is 0.0817. The number of ether oxygens (including phenoxy) is 1. The van der Waals surface area contributed by atoms with Crippen LogP contribution in [0.3, 0.4) is 0 Å². The number of hydrogen-bond acceptors (Lipinski definition) is 5. The molecule has 1 saturated heterocycles. The molecule has 1 aliphatic carbocycles. The van der Waals surface area contributed by atoms with Gasteiger partial charge in [0.15, 0.2) is 0 Å². The zero-order valence-corrected chi connectivity index (χ0v) is 15.7. The number of amides is 1. The maximum atomic E-state index is 13.3. The lowest BCUT2D eigenvalue weighted by Gasteiger charge is -2.27. The molecule has 0 spiro atoms. The minimum absolute atomic E-state index is 0.0817. The quantitative estimate of drug-likeness (QED) is 0.701. The predicted molar refractivity (Wildman–Crippen MR) is 103 cm³/mol. The lowest BCUT2D eigenvalue weighted by Crippen LogP contribution is -2.37. The average molecular weight is 375 g/mol. The van der Waals surface area contributed by atoms with E-state index in [1.165, 1.54) is 12.7 Å². The third kappa shape index (κ3) is 2.83. The van der Waals surface area contributed by atoms with Gasteiger partial charge in [-0.05, 0) is 65.4 Å². The van der Waals surface area contributed by atoms with Crippen molar-refractivity contribution in [3.8, 4) is 22.6 Å². The first-order valence-corrected chi connectivity index (χ1v) is 9.56. The van der Waals surface area contributed by atoms with Crippen molar-refractivity contribution in [2.75, 3.05) is 13.7 Å². The zero-order chi connectivity index (χ0) is 19.1. The molecule has 28 heavy (non-hydrogen) atoms. The largest absolute Gasteiger partial charge is 0.496 e. The number of nitrogens with zero attached hydrogens (tertiary/aromatic N) is 5. The fourth-order valence-electron chi connectivity index (χ4n) is 4.52. The molecule has 5 rings (SSSR count). The lowest BCUT2D eigenvalue weighted by atomic mass is 10.00. The topological polar surface area (TPSA) is 73.1 Å². The highest BCUT2D eigenvalue weighted by Gasteiger charge is 2.40. The van der Waals surface area contributed by atoms with E-state index in [1.807, 2.05) is 47.4 Å². The van der Waals surface area contributed by atoms with Crippen molar-refractivity contribution in [3.05, 3.63) is 54.4 Å². The van der Waals surface area contributed by atoms with E-state index in [2.05, 4.69) is 15.5 Å². The molecule has 2 heterocycles. The van der Waals surface area contributed by atoms with Crippen LogP contribution in [0, 0.1) is 5.92 Å². The van der Waals surface area contributed by atoms with Gasteiger partial charge in [-0.3, -0.25) is 4.79 Å². The highest BCUT2D eigenvalue weighted by Crippen LogP contribution is 2.39. The second kappa shape index (κ2) is 6.74. The SMILES string of the molecule is COc1ccccc1-c1cc(C(=O)N2CC3CCC2C3)cc(-n2cnnn2)c1. The molecule has 1 saturated carbocycles. The van der Waals surface area contributed by atoms with Crippen LogP contribution in [0.25, 0.3) is 16.8 Å². The number of methoxy groups -OCH3 is 1. The van der Waals surface area contributed by atoms with Gasteiger partial charge in [-0.2, -0.15) is 0 Å². The Morgan fingerprint density at radius 3 is 2.79 bits per heavy atom. The Balaban J connectivity index is 1.61. The van der Waals surface area contributed by atoms with Gasteiger partial charge in [0.05, 0.1) is 12.8 Å². The monoisotopic (exact) mass is 375 g/mol. The Morgan fingerprint density at radius 2 is 2.07 bits per heavy atom. The molecule has 1 aromatic heterocycles. The number of fused-ring (bicyclic) bond motifs is 2. The van der Waals surface area contributed by atoms with Crippen LogP contribution in [0.2, 0.25) is 0 Å². The molecular weight excluding hydrogens is 354 g/mol. The number of likely N-dealkylation sites (tertiary alicyclic amines) is 1. The van der Waals surface area contributed by atoms with Crippen molar-refractivity contribution < 1.29 is 9.53 Å². The van der Waals surface area contributed by atoms with Gasteiger partial charge in [0.25, 0.3) is 5.91 Å². The van der Waals surface area contributed by atoms with Gasteiger partial charge < -0.3 is 9.64 Å². The Hall–Kier alpha value is -3.22. The summed E-state index contributed by atoms with van der Waals surface area (Å²) in [6, 6.07) is 14.0. The highest BCUT2D eigenvalue weighted by atomic mass is 16.5. The van der Waals surface area contributed by atoms with Gasteiger partial charge in [0.2, 0.25) is 0 Å². The molecule has 2 bridgehead atoms. The molecule has 1 amide bonds. The molecule has 142 valence electrons. The smallest absolute Gasteiger partial charge is 0.254 e. The Labute approximate surface area is 162 Å². The van der Waals surface area contributed by atoms with Crippen LogP contribution in [-0.4, -0.2) is 50.7 Å². The summed E-state index contributed by atoms with van der Waals surface area (Å²) in [6.45, 7) is 0.864. The summed E-state index contributed by atoms with van der Waals surface area (Å²) in [7, 11) is 1.65. The normalized spacial score (nSPS) is 20.5. The number of para-hydroxylation sites is 1. The summed E-state index contributed by atoms with van der Waals surface area (Å²) in [5.74, 6) is 1.50. The van der Waals surface area contributed by atoms with E-state index in [0.717, 1.165) is 42.0 Å². The average Bonchev–Trinajstić information content (AvgIpc) is 3.51. The molecule has 3 aromatic rings. The molecular formula is C21H21N5O2. The number of carbonyl (C=O) groups excluding carboxylic acids is 1. The number of piperidine rings is 1. The number of carbonyl (C=O) groups is 1.